The fraction of sp³-hybridized carbons (Fsp3) is 0.259. The average molecular weight is 520 g/mol. The lowest BCUT2D eigenvalue weighted by atomic mass is 10.0. The first-order valence-corrected chi connectivity index (χ1v) is 12.1. The quantitative estimate of drug-likeness (QED) is 0.338. The molecule has 1 fully saturated rings. The number of furan rings is 1. The first-order chi connectivity index (χ1) is 18.4. The van der Waals surface area contributed by atoms with Crippen LogP contribution in [0.1, 0.15) is 22.5 Å². The van der Waals surface area contributed by atoms with Crippen molar-refractivity contribution in [1.29, 1.82) is 0 Å². The summed E-state index contributed by atoms with van der Waals surface area (Å²) in [5, 5.41) is 8.17. The SMILES string of the molecule is COc1cccc(NC(=O)N[C@H]2CCN(C(=O)c3ccco3)[C@@H]2C(=O)N[C@H](Cc2ccccc2)C(N)=O)c1. The van der Waals surface area contributed by atoms with Crippen molar-refractivity contribution in [3.05, 3.63) is 84.3 Å². The molecule has 0 saturated carbocycles. The Hall–Kier alpha value is -4.80. The van der Waals surface area contributed by atoms with Crippen molar-refractivity contribution in [2.75, 3.05) is 19.0 Å². The second-order valence-electron chi connectivity index (χ2n) is 8.80. The second kappa shape index (κ2) is 12.0. The molecule has 1 aromatic heterocycles. The van der Waals surface area contributed by atoms with E-state index in [0.717, 1.165) is 5.56 Å². The lowest BCUT2D eigenvalue weighted by Crippen LogP contribution is -2.58. The van der Waals surface area contributed by atoms with Gasteiger partial charge in [-0.25, -0.2) is 4.79 Å². The molecule has 5 amide bonds. The third-order valence-electron chi connectivity index (χ3n) is 6.25. The molecule has 2 heterocycles. The monoisotopic (exact) mass is 519 g/mol. The van der Waals surface area contributed by atoms with Crippen LogP contribution >= 0.6 is 0 Å². The number of carbonyl (C=O) groups is 4. The van der Waals surface area contributed by atoms with Crippen LogP contribution in [0.25, 0.3) is 0 Å². The van der Waals surface area contributed by atoms with Crippen LogP contribution in [-0.4, -0.2) is 60.4 Å². The number of methoxy groups -OCH3 is 1. The number of nitrogens with two attached hydrogens (primary N) is 1. The van der Waals surface area contributed by atoms with Crippen LogP contribution in [0, 0.1) is 0 Å². The number of hydrogen-bond donors (Lipinski definition) is 4. The largest absolute Gasteiger partial charge is 0.497 e. The molecule has 4 rings (SSSR count). The first-order valence-electron chi connectivity index (χ1n) is 12.1. The Morgan fingerprint density at radius 3 is 2.55 bits per heavy atom. The van der Waals surface area contributed by atoms with Crippen molar-refractivity contribution in [2.24, 2.45) is 5.73 Å². The Morgan fingerprint density at radius 1 is 1.08 bits per heavy atom. The number of amides is 5. The minimum absolute atomic E-state index is 0.0556. The van der Waals surface area contributed by atoms with E-state index in [4.69, 9.17) is 14.9 Å². The molecule has 198 valence electrons. The molecule has 11 heteroatoms. The number of carbonyl (C=O) groups excluding carboxylic acids is 4. The highest BCUT2D eigenvalue weighted by molar-refractivity contribution is 5.98. The van der Waals surface area contributed by atoms with Gasteiger partial charge in [-0.15, -0.1) is 0 Å². The van der Waals surface area contributed by atoms with Gasteiger partial charge < -0.3 is 35.7 Å². The lowest BCUT2D eigenvalue weighted by Gasteiger charge is -2.28. The van der Waals surface area contributed by atoms with Gasteiger partial charge >= 0.3 is 6.03 Å². The van der Waals surface area contributed by atoms with E-state index in [1.807, 2.05) is 30.3 Å². The van der Waals surface area contributed by atoms with Gasteiger partial charge in [0.25, 0.3) is 5.91 Å². The summed E-state index contributed by atoms with van der Waals surface area (Å²) in [4.78, 5) is 53.0. The van der Waals surface area contributed by atoms with Crippen molar-refractivity contribution in [3.63, 3.8) is 0 Å². The minimum atomic E-state index is -1.11. The van der Waals surface area contributed by atoms with Gasteiger partial charge in [0.05, 0.1) is 19.4 Å². The molecule has 1 aliphatic heterocycles. The Morgan fingerprint density at radius 2 is 1.87 bits per heavy atom. The molecule has 0 radical (unpaired) electrons. The molecule has 0 unspecified atom stereocenters. The number of primary amides is 1. The zero-order chi connectivity index (χ0) is 27.1. The molecule has 2 aromatic carbocycles. The maximum absolute atomic E-state index is 13.5. The Bertz CT molecular complexity index is 1280. The number of ether oxygens (including phenoxy) is 1. The van der Waals surface area contributed by atoms with Gasteiger partial charge in [-0.2, -0.15) is 0 Å². The van der Waals surface area contributed by atoms with E-state index >= 15 is 0 Å². The zero-order valence-electron chi connectivity index (χ0n) is 20.8. The van der Waals surface area contributed by atoms with Crippen molar-refractivity contribution in [2.45, 2.75) is 31.0 Å². The van der Waals surface area contributed by atoms with Crippen molar-refractivity contribution < 1.29 is 28.3 Å². The summed E-state index contributed by atoms with van der Waals surface area (Å²) in [5.74, 6) is -1.23. The topological polar surface area (TPSA) is 156 Å². The summed E-state index contributed by atoms with van der Waals surface area (Å²) >= 11 is 0. The molecule has 0 spiro atoms. The average Bonchev–Trinajstić information content (AvgIpc) is 3.59. The number of nitrogens with one attached hydrogen (secondary N) is 3. The standard InChI is InChI=1S/C27H29N5O6/c1-37-19-10-5-9-18(16-19)29-27(36)31-20-12-13-32(26(35)22-11-6-14-38-22)23(20)25(34)30-21(24(28)33)15-17-7-3-2-4-8-17/h2-11,14,16,20-21,23H,12-13,15H2,1H3,(H2,28,33)(H,30,34)(H2,29,31,36)/t20-,21+,23-/m0/s1. The second-order valence-corrected chi connectivity index (χ2v) is 8.80. The highest BCUT2D eigenvalue weighted by Crippen LogP contribution is 2.23. The Balaban J connectivity index is 1.52. The number of rotatable bonds is 9. The van der Waals surface area contributed by atoms with Crippen LogP contribution in [0.4, 0.5) is 10.5 Å². The van der Waals surface area contributed by atoms with Crippen LogP contribution < -0.4 is 26.4 Å². The normalized spacial score (nSPS) is 17.3. The fourth-order valence-electron chi connectivity index (χ4n) is 4.40. The first kappa shape index (κ1) is 26.3. The van der Waals surface area contributed by atoms with Gasteiger partial charge in [0.2, 0.25) is 11.8 Å². The van der Waals surface area contributed by atoms with Gasteiger partial charge in [-0.3, -0.25) is 14.4 Å². The van der Waals surface area contributed by atoms with E-state index in [0.29, 0.717) is 17.9 Å². The summed E-state index contributed by atoms with van der Waals surface area (Å²) in [6.07, 6.45) is 1.84. The lowest BCUT2D eigenvalue weighted by molar-refractivity contribution is -0.130. The number of urea groups is 1. The number of likely N-dealkylation sites (tertiary alicyclic amines) is 1. The van der Waals surface area contributed by atoms with Crippen molar-refractivity contribution in [1.82, 2.24) is 15.5 Å². The molecule has 0 aliphatic carbocycles. The maximum atomic E-state index is 13.5. The van der Waals surface area contributed by atoms with Crippen LogP contribution in [0.2, 0.25) is 0 Å². The third kappa shape index (κ3) is 6.30. The van der Waals surface area contributed by atoms with Crippen LogP contribution in [-0.2, 0) is 16.0 Å². The van der Waals surface area contributed by atoms with E-state index in [9.17, 15) is 19.2 Å². The minimum Gasteiger partial charge on any atom is -0.497 e. The van der Waals surface area contributed by atoms with Gasteiger partial charge in [0.15, 0.2) is 5.76 Å². The van der Waals surface area contributed by atoms with E-state index in [-0.39, 0.29) is 18.7 Å². The van der Waals surface area contributed by atoms with Crippen LogP contribution in [0.15, 0.2) is 77.4 Å². The summed E-state index contributed by atoms with van der Waals surface area (Å²) in [6.45, 7) is 0.182. The molecule has 0 bridgehead atoms. The summed E-state index contributed by atoms with van der Waals surface area (Å²) in [6, 6.07) is 15.5. The molecule has 1 saturated heterocycles. The Kier molecular flexibility index (Phi) is 8.27. The molecule has 1 aliphatic rings. The number of benzene rings is 2. The fourth-order valence-corrected chi connectivity index (χ4v) is 4.40. The third-order valence-corrected chi connectivity index (χ3v) is 6.25. The smallest absolute Gasteiger partial charge is 0.319 e. The summed E-state index contributed by atoms with van der Waals surface area (Å²) < 4.78 is 10.4. The molecule has 3 atom stereocenters. The maximum Gasteiger partial charge on any atom is 0.319 e. The zero-order valence-corrected chi connectivity index (χ0v) is 20.8. The van der Waals surface area contributed by atoms with Crippen LogP contribution in [0.3, 0.4) is 0 Å². The number of hydrogen-bond acceptors (Lipinski definition) is 6. The van der Waals surface area contributed by atoms with E-state index in [1.165, 1.54) is 24.3 Å². The molecular weight excluding hydrogens is 490 g/mol. The van der Waals surface area contributed by atoms with E-state index in [1.54, 1.807) is 30.3 Å². The van der Waals surface area contributed by atoms with Gasteiger partial charge in [-0.1, -0.05) is 36.4 Å². The highest BCUT2D eigenvalue weighted by Gasteiger charge is 2.44. The number of nitrogens with zero attached hydrogens (tertiary/aromatic N) is 1. The predicted octanol–water partition coefficient (Wildman–Crippen LogP) is 1.91. The summed E-state index contributed by atoms with van der Waals surface area (Å²) in [7, 11) is 1.52. The Labute approximate surface area is 219 Å². The van der Waals surface area contributed by atoms with Gasteiger partial charge in [-0.05, 0) is 36.2 Å². The van der Waals surface area contributed by atoms with Gasteiger partial charge in [0, 0.05) is 24.7 Å². The van der Waals surface area contributed by atoms with Crippen LogP contribution in [0.5, 0.6) is 5.75 Å². The van der Waals surface area contributed by atoms with Crippen molar-refractivity contribution in [3.8, 4) is 5.75 Å². The molecule has 5 N–H and O–H groups in total. The molecular formula is C27H29N5O6. The predicted molar refractivity (Wildman–Crippen MR) is 138 cm³/mol. The van der Waals surface area contributed by atoms with E-state index in [2.05, 4.69) is 16.0 Å². The highest BCUT2D eigenvalue weighted by atomic mass is 16.5. The van der Waals surface area contributed by atoms with E-state index < -0.39 is 41.9 Å². The van der Waals surface area contributed by atoms with Crippen molar-refractivity contribution >= 4 is 29.4 Å². The number of anilines is 1. The molecule has 11 nitrogen and oxygen atoms in total. The summed E-state index contributed by atoms with van der Waals surface area (Å²) in [5.41, 5.74) is 6.88. The van der Waals surface area contributed by atoms with Gasteiger partial charge in [0.1, 0.15) is 17.8 Å². The molecule has 38 heavy (non-hydrogen) atoms. The molecule has 3 aromatic rings.